The SMILES string of the molecule is CC(C)(C)c1cc(C=N[C@H]2CCCC[C@@H]2N=Cc2cc(C(C)(C)C)cc(C(C)(C)C)c2O)c(O)c(C(C)(C)C)c1.[Sn]. The normalized spacial score (nSPS) is 19.1. The van der Waals surface area contributed by atoms with Crippen molar-refractivity contribution in [3.05, 3.63) is 57.6 Å². The summed E-state index contributed by atoms with van der Waals surface area (Å²) in [6.07, 6.45) is 7.90. The summed E-state index contributed by atoms with van der Waals surface area (Å²) in [7, 11) is 0. The Balaban J connectivity index is 0.00000588. The van der Waals surface area contributed by atoms with E-state index in [0.29, 0.717) is 11.5 Å². The summed E-state index contributed by atoms with van der Waals surface area (Å²) in [6, 6.07) is 8.53. The Bertz CT molecular complexity index is 1170. The van der Waals surface area contributed by atoms with Gasteiger partial charge in [0.05, 0.1) is 12.1 Å². The van der Waals surface area contributed by atoms with Crippen molar-refractivity contribution in [2.75, 3.05) is 0 Å². The molecule has 224 valence electrons. The van der Waals surface area contributed by atoms with E-state index in [-0.39, 0.29) is 57.7 Å². The van der Waals surface area contributed by atoms with Gasteiger partial charge in [-0.15, -0.1) is 0 Å². The molecule has 0 saturated heterocycles. The smallest absolute Gasteiger partial charge is 0.128 e. The van der Waals surface area contributed by atoms with Gasteiger partial charge in [0.2, 0.25) is 0 Å². The van der Waals surface area contributed by atoms with Crippen molar-refractivity contribution in [1.29, 1.82) is 0 Å². The van der Waals surface area contributed by atoms with E-state index in [1.54, 1.807) is 0 Å². The third-order valence-corrected chi connectivity index (χ3v) is 8.13. The van der Waals surface area contributed by atoms with Gasteiger partial charge in [-0.25, -0.2) is 0 Å². The van der Waals surface area contributed by atoms with Gasteiger partial charge in [0.1, 0.15) is 11.5 Å². The van der Waals surface area contributed by atoms with Gasteiger partial charge in [-0.2, -0.15) is 0 Å². The Labute approximate surface area is 267 Å². The number of hydrogen-bond acceptors (Lipinski definition) is 4. The van der Waals surface area contributed by atoms with Crippen LogP contribution in [0.25, 0.3) is 0 Å². The van der Waals surface area contributed by atoms with Crippen molar-refractivity contribution in [2.45, 2.75) is 143 Å². The van der Waals surface area contributed by atoms with E-state index in [1.807, 2.05) is 12.4 Å². The molecule has 1 saturated carbocycles. The minimum Gasteiger partial charge on any atom is -0.507 e. The fourth-order valence-corrected chi connectivity index (χ4v) is 5.31. The molecule has 0 aromatic heterocycles. The first-order valence-corrected chi connectivity index (χ1v) is 15.0. The minimum atomic E-state index is -0.179. The van der Waals surface area contributed by atoms with Crippen molar-refractivity contribution >= 4 is 36.3 Å². The van der Waals surface area contributed by atoms with Crippen LogP contribution in [0.1, 0.15) is 142 Å². The molecule has 2 N–H and O–H groups in total. The van der Waals surface area contributed by atoms with E-state index >= 15 is 0 Å². The van der Waals surface area contributed by atoms with Crippen LogP contribution >= 0.6 is 0 Å². The van der Waals surface area contributed by atoms with E-state index < -0.39 is 0 Å². The number of rotatable bonds is 4. The number of aromatic hydroxyl groups is 2. The Morgan fingerprint density at radius 3 is 1.15 bits per heavy atom. The summed E-state index contributed by atoms with van der Waals surface area (Å²) >= 11 is 0. The fourth-order valence-electron chi connectivity index (χ4n) is 5.31. The van der Waals surface area contributed by atoms with Gasteiger partial charge in [-0.3, -0.25) is 9.98 Å². The molecule has 0 unspecified atom stereocenters. The molecular weight excluding hydrogens is 611 g/mol. The molecule has 0 spiro atoms. The molecule has 4 radical (unpaired) electrons. The molecule has 4 nitrogen and oxygen atoms in total. The predicted octanol–water partition coefficient (Wildman–Crippen LogP) is 8.76. The van der Waals surface area contributed by atoms with Crippen LogP contribution in [0.5, 0.6) is 11.5 Å². The van der Waals surface area contributed by atoms with Gasteiger partial charge >= 0.3 is 0 Å². The summed E-state index contributed by atoms with van der Waals surface area (Å²) < 4.78 is 0. The molecule has 2 atom stereocenters. The number of hydrogen-bond donors (Lipinski definition) is 2. The third-order valence-electron chi connectivity index (χ3n) is 8.13. The van der Waals surface area contributed by atoms with Gasteiger partial charge in [-0.1, -0.05) is 108 Å². The van der Waals surface area contributed by atoms with Gasteiger partial charge < -0.3 is 10.2 Å². The molecule has 0 amide bonds. The zero-order chi connectivity index (χ0) is 30.3. The molecule has 1 aliphatic carbocycles. The topological polar surface area (TPSA) is 65.2 Å². The second-order valence-electron chi connectivity index (χ2n) is 15.9. The molecular formula is C36H54N2O2Sn. The van der Waals surface area contributed by atoms with Gasteiger partial charge in [0.25, 0.3) is 0 Å². The monoisotopic (exact) mass is 666 g/mol. The van der Waals surface area contributed by atoms with E-state index in [4.69, 9.17) is 9.98 Å². The summed E-state index contributed by atoms with van der Waals surface area (Å²) in [5, 5.41) is 22.5. The third kappa shape index (κ3) is 8.84. The number of aliphatic imine (C=N–C) groups is 2. The van der Waals surface area contributed by atoms with E-state index in [0.717, 1.165) is 47.9 Å². The molecule has 5 heteroatoms. The Morgan fingerprint density at radius 2 is 0.878 bits per heavy atom. The number of benzene rings is 2. The molecule has 0 heterocycles. The number of phenols is 2. The standard InChI is InChI=1S/C36H54N2O2.Sn/c1-33(2,3)25-17-23(31(39)27(19-25)35(7,8)9)21-37-29-15-13-14-16-30(29)38-22-24-18-26(34(4,5)6)20-28(32(24)40)36(10,11)12;/h17-22,29-30,39-40H,13-16H2,1-12H3;/t29-,30-;/m0./s1. The van der Waals surface area contributed by atoms with Crippen LogP contribution in [0.2, 0.25) is 0 Å². The Hall–Kier alpha value is -1.82. The van der Waals surface area contributed by atoms with Crippen LogP contribution < -0.4 is 0 Å². The summed E-state index contributed by atoms with van der Waals surface area (Å²) in [4.78, 5) is 10.1. The zero-order valence-corrected chi connectivity index (χ0v) is 30.6. The fraction of sp³-hybridized carbons (Fsp3) is 0.611. The maximum Gasteiger partial charge on any atom is 0.128 e. The second-order valence-corrected chi connectivity index (χ2v) is 15.9. The quantitative estimate of drug-likeness (QED) is 0.254. The molecule has 41 heavy (non-hydrogen) atoms. The summed E-state index contributed by atoms with van der Waals surface area (Å²) in [5.41, 5.74) is 5.39. The molecule has 2 aromatic rings. The molecule has 3 rings (SSSR count). The molecule has 1 aliphatic rings. The van der Waals surface area contributed by atoms with Gasteiger partial charge in [0, 0.05) is 58.6 Å². The van der Waals surface area contributed by atoms with Crippen LogP contribution in [0.3, 0.4) is 0 Å². The van der Waals surface area contributed by atoms with Gasteiger partial charge in [-0.05, 0) is 57.8 Å². The zero-order valence-electron chi connectivity index (χ0n) is 27.7. The Kier molecular flexibility index (Phi) is 11.1. The predicted molar refractivity (Wildman–Crippen MR) is 178 cm³/mol. The summed E-state index contributed by atoms with van der Waals surface area (Å²) in [5.74, 6) is 0.637. The van der Waals surface area contributed by atoms with Crippen molar-refractivity contribution in [2.24, 2.45) is 9.98 Å². The summed E-state index contributed by atoms with van der Waals surface area (Å²) in [6.45, 7) is 26.0. The minimum absolute atomic E-state index is 0. The first-order valence-electron chi connectivity index (χ1n) is 15.0. The number of nitrogens with zero attached hydrogens (tertiary/aromatic N) is 2. The molecule has 0 bridgehead atoms. The maximum absolute atomic E-state index is 11.2. The van der Waals surface area contributed by atoms with Crippen molar-refractivity contribution < 1.29 is 10.2 Å². The van der Waals surface area contributed by atoms with E-state index in [1.165, 1.54) is 11.1 Å². The maximum atomic E-state index is 11.2. The molecule has 0 aliphatic heterocycles. The first-order chi connectivity index (χ1) is 18.2. The van der Waals surface area contributed by atoms with Crippen LogP contribution in [0.15, 0.2) is 34.3 Å². The van der Waals surface area contributed by atoms with Gasteiger partial charge in [0.15, 0.2) is 0 Å². The van der Waals surface area contributed by atoms with Crippen molar-refractivity contribution in [3.63, 3.8) is 0 Å². The molecule has 1 fully saturated rings. The first kappa shape index (κ1) is 35.4. The van der Waals surface area contributed by atoms with Crippen molar-refractivity contribution in [3.8, 4) is 11.5 Å². The van der Waals surface area contributed by atoms with Crippen molar-refractivity contribution in [1.82, 2.24) is 0 Å². The van der Waals surface area contributed by atoms with Crippen LogP contribution in [0.4, 0.5) is 0 Å². The Morgan fingerprint density at radius 1 is 0.561 bits per heavy atom. The average molecular weight is 666 g/mol. The van der Waals surface area contributed by atoms with Crippen LogP contribution in [-0.4, -0.2) is 58.6 Å². The largest absolute Gasteiger partial charge is 0.507 e. The van der Waals surface area contributed by atoms with Crippen LogP contribution in [-0.2, 0) is 21.7 Å². The molecule has 2 aromatic carbocycles. The average Bonchev–Trinajstić information content (AvgIpc) is 2.80. The second kappa shape index (κ2) is 12.8. The van der Waals surface area contributed by atoms with E-state index in [2.05, 4.69) is 107 Å². The van der Waals surface area contributed by atoms with Crippen LogP contribution in [0, 0.1) is 0 Å². The number of phenolic OH excluding ortho intramolecular Hbond substituents is 2. The van der Waals surface area contributed by atoms with E-state index in [9.17, 15) is 10.2 Å².